The molecule has 2 aromatic carbocycles. The molecule has 1 saturated heterocycles. The summed E-state index contributed by atoms with van der Waals surface area (Å²) in [6.45, 7) is 7.00. The van der Waals surface area contributed by atoms with Crippen LogP contribution in [0.5, 0.6) is 5.75 Å². The standard InChI is InChI=1S/C23H26N4O5S/c1-2-32-19-5-3-6-20-21(19)24-23(33-20)26(12-4-11-25-13-15-31-16-14-25)22(28)17-7-9-18(10-8-17)27(29)30/h3,5-10H,2,4,11-16H2,1H3. The van der Waals surface area contributed by atoms with Gasteiger partial charge in [0.2, 0.25) is 0 Å². The van der Waals surface area contributed by atoms with Gasteiger partial charge in [-0.15, -0.1) is 0 Å². The van der Waals surface area contributed by atoms with Crippen LogP contribution in [-0.4, -0.2) is 66.7 Å². The zero-order valence-corrected chi connectivity index (χ0v) is 19.3. The Kier molecular flexibility index (Phi) is 7.48. The van der Waals surface area contributed by atoms with Crippen molar-refractivity contribution in [2.45, 2.75) is 13.3 Å². The number of benzene rings is 2. The average Bonchev–Trinajstić information content (AvgIpc) is 3.27. The predicted molar refractivity (Wildman–Crippen MR) is 127 cm³/mol. The summed E-state index contributed by atoms with van der Waals surface area (Å²) in [7, 11) is 0. The van der Waals surface area contributed by atoms with E-state index in [4.69, 9.17) is 14.5 Å². The van der Waals surface area contributed by atoms with Crippen molar-refractivity contribution in [3.63, 3.8) is 0 Å². The number of nitro benzene ring substituents is 1. The zero-order chi connectivity index (χ0) is 23.2. The summed E-state index contributed by atoms with van der Waals surface area (Å²) in [6, 6.07) is 11.4. The molecule has 0 N–H and O–H groups in total. The van der Waals surface area contributed by atoms with Crippen LogP contribution in [0.4, 0.5) is 10.8 Å². The fourth-order valence-corrected chi connectivity index (χ4v) is 4.75. The van der Waals surface area contributed by atoms with E-state index in [1.807, 2.05) is 25.1 Å². The lowest BCUT2D eigenvalue weighted by Gasteiger charge is -2.27. The van der Waals surface area contributed by atoms with Crippen molar-refractivity contribution in [1.29, 1.82) is 0 Å². The third kappa shape index (κ3) is 5.47. The zero-order valence-electron chi connectivity index (χ0n) is 18.4. The van der Waals surface area contributed by atoms with E-state index in [2.05, 4.69) is 4.90 Å². The Labute approximate surface area is 195 Å². The normalized spacial score (nSPS) is 14.3. The summed E-state index contributed by atoms with van der Waals surface area (Å²) in [6.07, 6.45) is 0.771. The number of thiazole rings is 1. The summed E-state index contributed by atoms with van der Waals surface area (Å²) in [5.41, 5.74) is 1.07. The van der Waals surface area contributed by atoms with E-state index in [1.165, 1.54) is 35.6 Å². The van der Waals surface area contributed by atoms with Gasteiger partial charge in [0.05, 0.1) is 29.4 Å². The maximum Gasteiger partial charge on any atom is 0.269 e. The van der Waals surface area contributed by atoms with Gasteiger partial charge in [0.1, 0.15) is 11.3 Å². The molecule has 0 spiro atoms. The number of morpholine rings is 1. The second-order valence-electron chi connectivity index (χ2n) is 7.60. The molecule has 10 heteroatoms. The van der Waals surface area contributed by atoms with E-state index in [0.29, 0.717) is 29.6 Å². The number of rotatable bonds is 9. The number of amides is 1. The molecule has 0 saturated carbocycles. The van der Waals surface area contributed by atoms with Gasteiger partial charge in [0, 0.05) is 43.9 Å². The fourth-order valence-electron chi connectivity index (χ4n) is 3.74. The van der Waals surface area contributed by atoms with Crippen LogP contribution in [0.25, 0.3) is 10.2 Å². The Bertz CT molecular complexity index is 1110. The minimum Gasteiger partial charge on any atom is -0.492 e. The first kappa shape index (κ1) is 23.1. The Morgan fingerprint density at radius 2 is 2.00 bits per heavy atom. The molecule has 1 amide bonds. The van der Waals surface area contributed by atoms with Crippen molar-refractivity contribution in [3.8, 4) is 5.75 Å². The molecule has 33 heavy (non-hydrogen) atoms. The van der Waals surface area contributed by atoms with Crippen LogP contribution in [0, 0.1) is 10.1 Å². The Balaban J connectivity index is 1.60. The van der Waals surface area contributed by atoms with Crippen molar-refractivity contribution in [2.75, 3.05) is 50.9 Å². The highest BCUT2D eigenvalue weighted by molar-refractivity contribution is 7.22. The van der Waals surface area contributed by atoms with Crippen molar-refractivity contribution < 1.29 is 19.2 Å². The lowest BCUT2D eigenvalue weighted by molar-refractivity contribution is -0.384. The number of anilines is 1. The van der Waals surface area contributed by atoms with Crippen molar-refractivity contribution in [1.82, 2.24) is 9.88 Å². The van der Waals surface area contributed by atoms with E-state index in [-0.39, 0.29) is 11.6 Å². The number of non-ortho nitro benzene ring substituents is 1. The number of fused-ring (bicyclic) bond motifs is 1. The quantitative estimate of drug-likeness (QED) is 0.345. The molecule has 0 unspecified atom stereocenters. The summed E-state index contributed by atoms with van der Waals surface area (Å²) in [5, 5.41) is 11.6. The number of aromatic nitrogens is 1. The smallest absolute Gasteiger partial charge is 0.269 e. The highest BCUT2D eigenvalue weighted by Gasteiger charge is 2.23. The van der Waals surface area contributed by atoms with Gasteiger partial charge in [-0.05, 0) is 37.6 Å². The maximum absolute atomic E-state index is 13.5. The maximum atomic E-state index is 13.5. The van der Waals surface area contributed by atoms with Crippen molar-refractivity contribution in [2.24, 2.45) is 0 Å². The number of para-hydroxylation sites is 1. The second-order valence-corrected chi connectivity index (χ2v) is 8.61. The molecule has 1 aliphatic rings. The third-order valence-electron chi connectivity index (χ3n) is 5.43. The molecule has 2 heterocycles. The number of hydrogen-bond acceptors (Lipinski definition) is 8. The molecule has 0 radical (unpaired) electrons. The van der Waals surface area contributed by atoms with Crippen LogP contribution in [-0.2, 0) is 4.74 Å². The van der Waals surface area contributed by atoms with Crippen molar-refractivity contribution >= 4 is 38.3 Å². The van der Waals surface area contributed by atoms with Crippen LogP contribution in [0.2, 0.25) is 0 Å². The van der Waals surface area contributed by atoms with Crippen LogP contribution in [0.15, 0.2) is 42.5 Å². The number of hydrogen-bond donors (Lipinski definition) is 0. The SMILES string of the molecule is CCOc1cccc2sc(N(CCCN3CCOCC3)C(=O)c3ccc([N+](=O)[O-])cc3)nc12. The van der Waals surface area contributed by atoms with E-state index in [1.54, 1.807) is 4.90 Å². The topological polar surface area (TPSA) is 98.0 Å². The molecule has 0 bridgehead atoms. The van der Waals surface area contributed by atoms with Crippen LogP contribution in [0.3, 0.4) is 0 Å². The lowest BCUT2D eigenvalue weighted by Crippen LogP contribution is -2.39. The number of ether oxygens (including phenoxy) is 2. The Hall–Kier alpha value is -3.08. The number of carbonyl (C=O) groups excluding carboxylic acids is 1. The molecule has 3 aromatic rings. The van der Waals surface area contributed by atoms with Crippen LogP contribution < -0.4 is 9.64 Å². The van der Waals surface area contributed by atoms with Gasteiger partial charge in [0.25, 0.3) is 11.6 Å². The average molecular weight is 471 g/mol. The predicted octanol–water partition coefficient (Wildman–Crippen LogP) is 3.97. The molecule has 1 fully saturated rings. The van der Waals surface area contributed by atoms with E-state index >= 15 is 0 Å². The highest BCUT2D eigenvalue weighted by atomic mass is 32.1. The van der Waals surface area contributed by atoms with Crippen molar-refractivity contribution in [3.05, 3.63) is 58.1 Å². The summed E-state index contributed by atoms with van der Waals surface area (Å²) >= 11 is 1.43. The largest absolute Gasteiger partial charge is 0.492 e. The molecular weight excluding hydrogens is 444 g/mol. The molecule has 174 valence electrons. The first-order chi connectivity index (χ1) is 16.1. The van der Waals surface area contributed by atoms with Gasteiger partial charge in [-0.25, -0.2) is 4.98 Å². The summed E-state index contributed by atoms with van der Waals surface area (Å²) in [4.78, 5) is 32.7. The highest BCUT2D eigenvalue weighted by Crippen LogP contribution is 2.35. The monoisotopic (exact) mass is 470 g/mol. The van der Waals surface area contributed by atoms with Gasteiger partial charge in [0.15, 0.2) is 5.13 Å². The van der Waals surface area contributed by atoms with Gasteiger partial charge in [-0.1, -0.05) is 17.4 Å². The summed E-state index contributed by atoms with van der Waals surface area (Å²) in [5.74, 6) is 0.456. The first-order valence-electron chi connectivity index (χ1n) is 11.0. The number of carbonyl (C=O) groups is 1. The van der Waals surface area contributed by atoms with Gasteiger partial charge in [-0.3, -0.25) is 24.7 Å². The van der Waals surface area contributed by atoms with E-state index in [0.717, 1.165) is 49.5 Å². The first-order valence-corrected chi connectivity index (χ1v) is 11.8. The minimum absolute atomic E-state index is 0.0493. The Morgan fingerprint density at radius 1 is 1.24 bits per heavy atom. The minimum atomic E-state index is -0.475. The van der Waals surface area contributed by atoms with E-state index in [9.17, 15) is 14.9 Å². The molecule has 1 aliphatic heterocycles. The second kappa shape index (κ2) is 10.7. The molecule has 4 rings (SSSR count). The van der Waals surface area contributed by atoms with Gasteiger partial charge >= 0.3 is 0 Å². The molecule has 0 aliphatic carbocycles. The lowest BCUT2D eigenvalue weighted by atomic mass is 10.2. The molecule has 9 nitrogen and oxygen atoms in total. The summed E-state index contributed by atoms with van der Waals surface area (Å²) < 4.78 is 12.1. The van der Waals surface area contributed by atoms with E-state index < -0.39 is 4.92 Å². The fraction of sp³-hybridized carbons (Fsp3) is 0.391. The molecular formula is C23H26N4O5S. The third-order valence-corrected chi connectivity index (χ3v) is 6.48. The number of nitro groups is 1. The molecule has 1 aromatic heterocycles. The van der Waals surface area contributed by atoms with Gasteiger partial charge in [-0.2, -0.15) is 0 Å². The Morgan fingerprint density at radius 3 is 2.70 bits per heavy atom. The molecule has 0 atom stereocenters. The van der Waals surface area contributed by atoms with Crippen LogP contribution in [0.1, 0.15) is 23.7 Å². The van der Waals surface area contributed by atoms with Crippen LogP contribution >= 0.6 is 11.3 Å². The van der Waals surface area contributed by atoms with Gasteiger partial charge < -0.3 is 9.47 Å². The number of nitrogens with zero attached hydrogens (tertiary/aromatic N) is 4.